The Morgan fingerprint density at radius 3 is 2.22 bits per heavy atom. The highest BCUT2D eigenvalue weighted by Gasteiger charge is 2.19. The molecule has 122 valence electrons. The topological polar surface area (TPSA) is 79.5 Å². The second-order valence-electron chi connectivity index (χ2n) is 5.66. The number of aromatic nitrogens is 1. The lowest BCUT2D eigenvalue weighted by Gasteiger charge is -2.37. The number of primary sulfonamides is 1. The summed E-state index contributed by atoms with van der Waals surface area (Å²) in [7, 11) is -3.69. The Kier molecular flexibility index (Phi) is 4.23. The molecule has 0 atom stereocenters. The SMILES string of the molecule is Cc1ccccc1N1CCN(c2ccc(S(N)(=O)=O)cn2)CC1. The number of hydrogen-bond acceptors (Lipinski definition) is 5. The second kappa shape index (κ2) is 6.17. The molecule has 2 heterocycles. The molecule has 1 saturated heterocycles. The van der Waals surface area contributed by atoms with Gasteiger partial charge in [-0.2, -0.15) is 0 Å². The van der Waals surface area contributed by atoms with Crippen LogP contribution in [0.25, 0.3) is 0 Å². The summed E-state index contributed by atoms with van der Waals surface area (Å²) in [5, 5.41) is 5.09. The number of anilines is 2. The van der Waals surface area contributed by atoms with Crippen LogP contribution >= 0.6 is 0 Å². The fourth-order valence-electron chi connectivity index (χ4n) is 2.82. The van der Waals surface area contributed by atoms with Crippen LogP contribution in [0.15, 0.2) is 47.5 Å². The maximum Gasteiger partial charge on any atom is 0.239 e. The van der Waals surface area contributed by atoms with Crippen molar-refractivity contribution >= 4 is 21.5 Å². The number of hydrogen-bond donors (Lipinski definition) is 1. The third kappa shape index (κ3) is 3.46. The number of sulfonamides is 1. The van der Waals surface area contributed by atoms with Gasteiger partial charge in [-0.05, 0) is 30.7 Å². The highest BCUT2D eigenvalue weighted by molar-refractivity contribution is 7.89. The summed E-state index contributed by atoms with van der Waals surface area (Å²) < 4.78 is 22.5. The summed E-state index contributed by atoms with van der Waals surface area (Å²) in [4.78, 5) is 8.79. The second-order valence-corrected chi connectivity index (χ2v) is 7.22. The Morgan fingerprint density at radius 1 is 1.00 bits per heavy atom. The van der Waals surface area contributed by atoms with Gasteiger partial charge in [0.1, 0.15) is 10.7 Å². The molecule has 1 aromatic carbocycles. The zero-order chi connectivity index (χ0) is 16.4. The van der Waals surface area contributed by atoms with E-state index in [0.717, 1.165) is 32.0 Å². The van der Waals surface area contributed by atoms with Gasteiger partial charge in [0, 0.05) is 38.1 Å². The van der Waals surface area contributed by atoms with Gasteiger partial charge in [-0.15, -0.1) is 0 Å². The minimum absolute atomic E-state index is 0.0415. The first-order chi connectivity index (χ1) is 10.9. The lowest BCUT2D eigenvalue weighted by molar-refractivity contribution is 0.597. The van der Waals surface area contributed by atoms with Crippen LogP contribution in [0.1, 0.15) is 5.56 Å². The number of nitrogens with zero attached hydrogens (tertiary/aromatic N) is 3. The number of benzene rings is 1. The first-order valence-electron chi connectivity index (χ1n) is 7.49. The summed E-state index contributed by atoms with van der Waals surface area (Å²) in [6.45, 7) is 5.62. The van der Waals surface area contributed by atoms with Crippen molar-refractivity contribution in [3.8, 4) is 0 Å². The van der Waals surface area contributed by atoms with Crippen molar-refractivity contribution < 1.29 is 8.42 Å². The number of piperazine rings is 1. The number of para-hydroxylation sites is 1. The molecule has 1 fully saturated rings. The smallest absolute Gasteiger partial charge is 0.239 e. The van der Waals surface area contributed by atoms with Crippen molar-refractivity contribution in [2.45, 2.75) is 11.8 Å². The molecule has 0 saturated carbocycles. The summed E-state index contributed by atoms with van der Waals surface area (Å²) in [5.74, 6) is 0.779. The Hall–Kier alpha value is -2.12. The molecule has 23 heavy (non-hydrogen) atoms. The van der Waals surface area contributed by atoms with Gasteiger partial charge in [-0.3, -0.25) is 0 Å². The zero-order valence-corrected chi connectivity index (χ0v) is 13.8. The van der Waals surface area contributed by atoms with Crippen LogP contribution in [-0.4, -0.2) is 39.6 Å². The fraction of sp³-hybridized carbons (Fsp3) is 0.312. The van der Waals surface area contributed by atoms with Gasteiger partial charge in [-0.1, -0.05) is 18.2 Å². The fourth-order valence-corrected chi connectivity index (χ4v) is 3.28. The number of pyridine rings is 1. The highest BCUT2D eigenvalue weighted by atomic mass is 32.2. The molecule has 1 aliphatic heterocycles. The van der Waals surface area contributed by atoms with Gasteiger partial charge in [-0.25, -0.2) is 18.5 Å². The van der Waals surface area contributed by atoms with Crippen LogP contribution in [-0.2, 0) is 10.0 Å². The molecule has 1 aromatic heterocycles. The third-order valence-corrected chi connectivity index (χ3v) is 5.01. The van der Waals surface area contributed by atoms with Crippen molar-refractivity contribution in [3.63, 3.8) is 0 Å². The monoisotopic (exact) mass is 332 g/mol. The first kappa shape index (κ1) is 15.8. The molecular weight excluding hydrogens is 312 g/mol. The minimum atomic E-state index is -3.69. The largest absolute Gasteiger partial charge is 0.368 e. The summed E-state index contributed by atoms with van der Waals surface area (Å²) in [6, 6.07) is 11.6. The summed E-state index contributed by atoms with van der Waals surface area (Å²) in [6.07, 6.45) is 1.32. The molecule has 0 amide bonds. The van der Waals surface area contributed by atoms with E-state index in [9.17, 15) is 8.42 Å². The average molecular weight is 332 g/mol. The molecule has 2 N–H and O–H groups in total. The number of aryl methyl sites for hydroxylation is 1. The van der Waals surface area contributed by atoms with E-state index < -0.39 is 10.0 Å². The molecule has 0 aliphatic carbocycles. The van der Waals surface area contributed by atoms with E-state index in [4.69, 9.17) is 5.14 Å². The van der Waals surface area contributed by atoms with Crippen LogP contribution < -0.4 is 14.9 Å². The van der Waals surface area contributed by atoms with Crippen molar-refractivity contribution in [3.05, 3.63) is 48.2 Å². The lowest BCUT2D eigenvalue weighted by Crippen LogP contribution is -2.47. The molecular formula is C16H20N4O2S. The Balaban J connectivity index is 1.68. The maximum atomic E-state index is 11.3. The molecule has 0 unspecified atom stereocenters. The summed E-state index contributed by atoms with van der Waals surface area (Å²) >= 11 is 0. The van der Waals surface area contributed by atoms with Gasteiger partial charge in [0.2, 0.25) is 10.0 Å². The third-order valence-electron chi connectivity index (χ3n) is 4.11. The van der Waals surface area contributed by atoms with E-state index in [1.807, 2.05) is 6.07 Å². The first-order valence-corrected chi connectivity index (χ1v) is 9.04. The van der Waals surface area contributed by atoms with Gasteiger partial charge in [0.25, 0.3) is 0 Å². The predicted molar refractivity (Wildman–Crippen MR) is 91.2 cm³/mol. The minimum Gasteiger partial charge on any atom is -0.368 e. The van der Waals surface area contributed by atoms with E-state index in [-0.39, 0.29) is 4.90 Å². The van der Waals surface area contributed by atoms with E-state index in [1.165, 1.54) is 23.5 Å². The Bertz CT molecular complexity index is 782. The average Bonchev–Trinajstić information content (AvgIpc) is 2.55. The van der Waals surface area contributed by atoms with Crippen molar-refractivity contribution in [2.24, 2.45) is 5.14 Å². The van der Waals surface area contributed by atoms with E-state index in [1.54, 1.807) is 6.07 Å². The predicted octanol–water partition coefficient (Wildman–Crippen LogP) is 1.36. The van der Waals surface area contributed by atoms with E-state index >= 15 is 0 Å². The lowest BCUT2D eigenvalue weighted by atomic mass is 10.1. The normalized spacial score (nSPS) is 15.7. The van der Waals surface area contributed by atoms with Crippen molar-refractivity contribution in [2.75, 3.05) is 36.0 Å². The quantitative estimate of drug-likeness (QED) is 0.918. The van der Waals surface area contributed by atoms with Gasteiger partial charge < -0.3 is 9.80 Å². The van der Waals surface area contributed by atoms with E-state index in [2.05, 4.69) is 39.9 Å². The standard InChI is InChI=1S/C16H20N4O2S/c1-13-4-2-3-5-15(13)19-8-10-20(11-9-19)16-7-6-14(12-18-16)23(17,21)22/h2-7,12H,8-11H2,1H3,(H2,17,21,22). The van der Waals surface area contributed by atoms with Crippen molar-refractivity contribution in [1.82, 2.24) is 4.98 Å². The van der Waals surface area contributed by atoms with Gasteiger partial charge >= 0.3 is 0 Å². The summed E-state index contributed by atoms with van der Waals surface area (Å²) in [5.41, 5.74) is 2.54. The molecule has 0 radical (unpaired) electrons. The van der Waals surface area contributed by atoms with E-state index in [0.29, 0.717) is 0 Å². The molecule has 3 rings (SSSR count). The van der Waals surface area contributed by atoms with Crippen LogP contribution in [0, 0.1) is 6.92 Å². The van der Waals surface area contributed by atoms with Gasteiger partial charge in [0.05, 0.1) is 0 Å². The molecule has 0 bridgehead atoms. The molecule has 6 nitrogen and oxygen atoms in total. The number of rotatable bonds is 3. The molecule has 7 heteroatoms. The Labute approximate surface area is 136 Å². The van der Waals surface area contributed by atoms with Crippen LogP contribution in [0.3, 0.4) is 0 Å². The van der Waals surface area contributed by atoms with Crippen LogP contribution in [0.2, 0.25) is 0 Å². The molecule has 2 aromatic rings. The van der Waals surface area contributed by atoms with Crippen LogP contribution in [0.4, 0.5) is 11.5 Å². The maximum absolute atomic E-state index is 11.3. The molecule has 1 aliphatic rings. The zero-order valence-electron chi connectivity index (χ0n) is 13.0. The highest BCUT2D eigenvalue weighted by Crippen LogP contribution is 2.22. The number of nitrogens with two attached hydrogens (primary N) is 1. The van der Waals surface area contributed by atoms with Crippen molar-refractivity contribution in [1.29, 1.82) is 0 Å². The Morgan fingerprint density at radius 2 is 1.65 bits per heavy atom. The van der Waals surface area contributed by atoms with Gasteiger partial charge in [0.15, 0.2) is 0 Å². The van der Waals surface area contributed by atoms with Crippen LogP contribution in [0.5, 0.6) is 0 Å². The molecule has 0 spiro atoms.